The maximum Gasteiger partial charge on any atom is 0.109 e. The Morgan fingerprint density at radius 1 is 1.43 bits per heavy atom. The van der Waals surface area contributed by atoms with Gasteiger partial charge >= 0.3 is 0 Å². The van der Waals surface area contributed by atoms with Crippen molar-refractivity contribution in [2.45, 2.75) is 38.0 Å². The summed E-state index contributed by atoms with van der Waals surface area (Å²) in [7, 11) is 0. The minimum absolute atomic E-state index is 0.0613. The van der Waals surface area contributed by atoms with Crippen LogP contribution in [0.1, 0.15) is 19.8 Å². The number of aliphatic imine (C=N–C) groups is 1. The Bertz CT molecular complexity index is 405. The largest absolute Gasteiger partial charge is 0.396 e. The molecule has 4 N–H and O–H groups in total. The molecule has 2 rings (SSSR count). The standard InChI is InChI=1S/C14H24ClN3O3/c1-2-9-3-4-18(8-16-7-17-14(9)15)11-5-10(6-19)12(20)13(11)21/h3-4,9-13,16,19-21H,2,5-8H2,1H3/b4-3-,17-14+/t9?,10?,11?,12-,13+/m1/s1. The Hall–Kier alpha value is -0.660. The van der Waals surface area contributed by atoms with Crippen LogP contribution in [-0.4, -0.2) is 63.6 Å². The van der Waals surface area contributed by atoms with E-state index in [1.54, 1.807) is 0 Å². The van der Waals surface area contributed by atoms with Crippen LogP contribution in [0.4, 0.5) is 0 Å². The fourth-order valence-corrected chi connectivity index (χ4v) is 3.20. The molecule has 0 spiro atoms. The average molecular weight is 318 g/mol. The van der Waals surface area contributed by atoms with Gasteiger partial charge in [0.2, 0.25) is 0 Å². The van der Waals surface area contributed by atoms with Crippen molar-refractivity contribution in [3.05, 3.63) is 12.3 Å². The normalized spacial score (nSPS) is 41.9. The van der Waals surface area contributed by atoms with Crippen molar-refractivity contribution in [2.75, 3.05) is 19.9 Å². The summed E-state index contributed by atoms with van der Waals surface area (Å²) in [4.78, 5) is 6.22. The number of aliphatic hydroxyl groups excluding tert-OH is 3. The molecule has 0 aromatic heterocycles. The van der Waals surface area contributed by atoms with E-state index in [0.29, 0.717) is 24.9 Å². The molecule has 3 unspecified atom stereocenters. The van der Waals surface area contributed by atoms with Crippen LogP contribution in [0, 0.1) is 11.8 Å². The van der Waals surface area contributed by atoms with E-state index in [1.165, 1.54) is 0 Å². The van der Waals surface area contributed by atoms with Crippen molar-refractivity contribution in [1.82, 2.24) is 10.2 Å². The second-order valence-electron chi connectivity index (χ2n) is 5.64. The first-order chi connectivity index (χ1) is 10.1. The summed E-state index contributed by atoms with van der Waals surface area (Å²) in [6.45, 7) is 2.85. The van der Waals surface area contributed by atoms with Crippen LogP contribution < -0.4 is 5.32 Å². The molecular formula is C14H24ClN3O3. The average Bonchev–Trinajstić information content (AvgIpc) is 2.81. The Balaban J connectivity index is 2.12. The number of hydrogen-bond acceptors (Lipinski definition) is 6. The van der Waals surface area contributed by atoms with Gasteiger partial charge in [0.1, 0.15) is 11.3 Å². The molecule has 1 aliphatic heterocycles. The molecule has 0 amide bonds. The molecule has 21 heavy (non-hydrogen) atoms. The van der Waals surface area contributed by atoms with Crippen molar-refractivity contribution in [2.24, 2.45) is 16.8 Å². The highest BCUT2D eigenvalue weighted by atomic mass is 35.5. The number of hydrogen-bond donors (Lipinski definition) is 4. The molecule has 5 atom stereocenters. The van der Waals surface area contributed by atoms with E-state index in [2.05, 4.69) is 10.3 Å². The lowest BCUT2D eigenvalue weighted by Crippen LogP contribution is -2.44. The lowest BCUT2D eigenvalue weighted by atomic mass is 10.1. The SMILES string of the molecule is CCC1/C=C\N(C2CC(CO)[C@@H](O)[C@H]2O)CNC/N=C\1Cl. The zero-order chi connectivity index (χ0) is 15.4. The molecular weight excluding hydrogens is 294 g/mol. The third-order valence-corrected chi connectivity index (χ3v) is 4.72. The summed E-state index contributed by atoms with van der Waals surface area (Å²) in [6, 6.07) is -0.227. The first-order valence-corrected chi connectivity index (χ1v) is 7.77. The summed E-state index contributed by atoms with van der Waals surface area (Å²) in [5.41, 5.74) is 0. The summed E-state index contributed by atoms with van der Waals surface area (Å²) in [6.07, 6.45) is 3.53. The van der Waals surface area contributed by atoms with Gasteiger partial charge in [-0.15, -0.1) is 0 Å². The van der Waals surface area contributed by atoms with Gasteiger partial charge in [0.05, 0.1) is 25.5 Å². The molecule has 0 radical (unpaired) electrons. The van der Waals surface area contributed by atoms with Gasteiger partial charge in [0, 0.05) is 18.4 Å². The van der Waals surface area contributed by atoms with E-state index < -0.39 is 12.2 Å². The molecule has 1 aliphatic carbocycles. The minimum Gasteiger partial charge on any atom is -0.396 e. The number of nitrogens with zero attached hydrogens (tertiary/aromatic N) is 2. The molecule has 1 fully saturated rings. The van der Waals surface area contributed by atoms with Crippen molar-refractivity contribution in [3.8, 4) is 0 Å². The second-order valence-corrected chi connectivity index (χ2v) is 6.03. The number of rotatable bonds is 3. The molecule has 6 nitrogen and oxygen atoms in total. The maximum atomic E-state index is 10.2. The number of aliphatic hydroxyl groups is 3. The molecule has 1 saturated carbocycles. The zero-order valence-electron chi connectivity index (χ0n) is 12.2. The highest BCUT2D eigenvalue weighted by Crippen LogP contribution is 2.30. The minimum atomic E-state index is -0.886. The molecule has 120 valence electrons. The fourth-order valence-electron chi connectivity index (χ4n) is 2.92. The summed E-state index contributed by atoms with van der Waals surface area (Å²) >= 11 is 6.15. The maximum absolute atomic E-state index is 10.2. The van der Waals surface area contributed by atoms with Crippen LogP contribution in [0.25, 0.3) is 0 Å². The Labute approximate surface area is 130 Å². The van der Waals surface area contributed by atoms with E-state index >= 15 is 0 Å². The monoisotopic (exact) mass is 317 g/mol. The molecule has 7 heteroatoms. The van der Waals surface area contributed by atoms with Crippen LogP contribution in [0.5, 0.6) is 0 Å². The molecule has 0 saturated heterocycles. The van der Waals surface area contributed by atoms with Gasteiger partial charge in [-0.1, -0.05) is 24.6 Å². The third-order valence-electron chi connectivity index (χ3n) is 4.32. The van der Waals surface area contributed by atoms with Gasteiger partial charge in [0.15, 0.2) is 0 Å². The van der Waals surface area contributed by atoms with Crippen molar-refractivity contribution in [1.29, 1.82) is 0 Å². The lowest BCUT2D eigenvalue weighted by molar-refractivity contribution is -0.0122. The Kier molecular flexibility index (Phi) is 6.01. The van der Waals surface area contributed by atoms with E-state index in [9.17, 15) is 15.3 Å². The van der Waals surface area contributed by atoms with Crippen molar-refractivity contribution >= 4 is 16.8 Å². The molecule has 1 heterocycles. The van der Waals surface area contributed by atoms with Crippen LogP contribution in [-0.2, 0) is 0 Å². The highest BCUT2D eigenvalue weighted by Gasteiger charge is 2.43. The van der Waals surface area contributed by atoms with Gasteiger partial charge in [-0.05, 0) is 19.0 Å². The molecule has 0 bridgehead atoms. The number of halogens is 1. The van der Waals surface area contributed by atoms with Gasteiger partial charge in [-0.3, -0.25) is 10.3 Å². The van der Waals surface area contributed by atoms with Gasteiger partial charge in [-0.2, -0.15) is 0 Å². The lowest BCUT2D eigenvalue weighted by Gasteiger charge is -2.30. The van der Waals surface area contributed by atoms with Gasteiger partial charge in [0.25, 0.3) is 0 Å². The molecule has 2 aliphatic rings. The van der Waals surface area contributed by atoms with Crippen LogP contribution in [0.3, 0.4) is 0 Å². The van der Waals surface area contributed by atoms with Crippen LogP contribution in [0.2, 0.25) is 0 Å². The Morgan fingerprint density at radius 3 is 2.81 bits per heavy atom. The summed E-state index contributed by atoms with van der Waals surface area (Å²) < 4.78 is 0. The van der Waals surface area contributed by atoms with Crippen molar-refractivity contribution in [3.63, 3.8) is 0 Å². The molecule has 0 aromatic carbocycles. The summed E-state index contributed by atoms with van der Waals surface area (Å²) in [5, 5.41) is 33.1. The predicted octanol–water partition coefficient (Wildman–Crippen LogP) is 0.0864. The summed E-state index contributed by atoms with van der Waals surface area (Å²) in [5.74, 6) is -0.223. The van der Waals surface area contributed by atoms with Crippen LogP contribution >= 0.6 is 11.6 Å². The Morgan fingerprint density at radius 2 is 2.19 bits per heavy atom. The van der Waals surface area contributed by atoms with Gasteiger partial charge < -0.3 is 20.2 Å². The van der Waals surface area contributed by atoms with E-state index in [-0.39, 0.29) is 24.5 Å². The van der Waals surface area contributed by atoms with E-state index in [4.69, 9.17) is 11.6 Å². The second kappa shape index (κ2) is 7.56. The number of allylic oxidation sites excluding steroid dienone is 1. The van der Waals surface area contributed by atoms with Gasteiger partial charge in [-0.25, -0.2) is 0 Å². The fraction of sp³-hybridized carbons (Fsp3) is 0.786. The molecule has 0 aromatic rings. The highest BCUT2D eigenvalue weighted by molar-refractivity contribution is 6.66. The third kappa shape index (κ3) is 3.76. The van der Waals surface area contributed by atoms with Crippen molar-refractivity contribution < 1.29 is 15.3 Å². The first kappa shape index (κ1) is 16.7. The topological polar surface area (TPSA) is 88.3 Å². The predicted molar refractivity (Wildman–Crippen MR) is 81.9 cm³/mol. The quantitative estimate of drug-likeness (QED) is 0.592. The van der Waals surface area contributed by atoms with Crippen LogP contribution in [0.15, 0.2) is 17.3 Å². The first-order valence-electron chi connectivity index (χ1n) is 7.40. The van der Waals surface area contributed by atoms with E-state index in [0.717, 1.165) is 6.42 Å². The zero-order valence-corrected chi connectivity index (χ0v) is 12.9. The smallest absolute Gasteiger partial charge is 0.109 e. The van der Waals surface area contributed by atoms with E-state index in [1.807, 2.05) is 24.1 Å². The number of nitrogens with one attached hydrogen (secondary N) is 1.